The molecular formula is C43H50F4N8O6. The number of nitrogens with one attached hydrogen (secondary N) is 1. The molecule has 1 saturated heterocycles. The highest BCUT2D eigenvalue weighted by Crippen LogP contribution is 2.33. The Morgan fingerprint density at radius 1 is 0.918 bits per heavy atom. The van der Waals surface area contributed by atoms with E-state index in [1.165, 1.54) is 6.07 Å². The summed E-state index contributed by atoms with van der Waals surface area (Å²) >= 11 is 0. The van der Waals surface area contributed by atoms with Crippen molar-refractivity contribution < 1.29 is 46.8 Å². The molecule has 1 aliphatic heterocycles. The van der Waals surface area contributed by atoms with Crippen LogP contribution in [-0.2, 0) is 43.3 Å². The van der Waals surface area contributed by atoms with Gasteiger partial charge in [0, 0.05) is 70.3 Å². The van der Waals surface area contributed by atoms with E-state index in [2.05, 4.69) is 46.1 Å². The maximum atomic E-state index is 14.6. The van der Waals surface area contributed by atoms with Gasteiger partial charge in [0.1, 0.15) is 22.9 Å². The van der Waals surface area contributed by atoms with E-state index < -0.39 is 23.9 Å². The molecule has 4 heterocycles. The van der Waals surface area contributed by atoms with Crippen LogP contribution >= 0.6 is 0 Å². The number of carboxylic acid groups (broad SMARTS) is 1. The Morgan fingerprint density at radius 2 is 1.54 bits per heavy atom. The number of nitrogens with zero attached hydrogens (tertiary/aromatic N) is 7. The minimum Gasteiger partial charge on any atom is -0.508 e. The zero-order chi connectivity index (χ0) is 43.8. The first-order chi connectivity index (χ1) is 29.0. The third-order valence-electron chi connectivity index (χ3n) is 10.9. The SMILES string of the molecule is Cc1cc(CN(Cc2cc(C)n(C)n2)C2CCC(NC(=O)c3cc(F)cnc3Oc3cccc(-c4ccc(O)cc4CN4CCOCC4)c3)CC2)nn1C.O=C(O)C(F)(F)F. The first kappa shape index (κ1) is 44.7. The number of benzene rings is 2. The quantitative estimate of drug-likeness (QED) is 0.115. The van der Waals surface area contributed by atoms with Crippen molar-refractivity contribution in [3.05, 3.63) is 107 Å². The molecule has 2 fully saturated rings. The van der Waals surface area contributed by atoms with Gasteiger partial charge in [-0.1, -0.05) is 18.2 Å². The Hall–Kier alpha value is -5.85. The van der Waals surface area contributed by atoms with Gasteiger partial charge in [0.25, 0.3) is 5.91 Å². The summed E-state index contributed by atoms with van der Waals surface area (Å²) in [5, 5.41) is 30.0. The lowest BCUT2D eigenvalue weighted by atomic mass is 9.89. The molecule has 7 rings (SSSR count). The number of hydrogen-bond acceptors (Lipinski definition) is 10. The van der Waals surface area contributed by atoms with Crippen molar-refractivity contribution in [2.24, 2.45) is 14.1 Å². The number of pyridine rings is 1. The van der Waals surface area contributed by atoms with E-state index in [9.17, 15) is 27.5 Å². The standard InChI is InChI=1S/C41H49FN8O4.C2HF3O2/c1-27-18-33(45-47(27)3)25-50(26-34-19-28(2)48(4)46-34)35-10-8-32(9-11-35)44-40(52)39-22-31(42)23-43-41(39)54-37-7-5-6-29(21-37)38-13-12-36(51)20-30(38)24-49-14-16-53-17-15-49;3-2(4,5)1(6)7/h5-7,12-13,18-23,32,35,51H,8-11,14-17,24-26H2,1-4H3,(H,44,52);(H,6,7). The fourth-order valence-electron chi connectivity index (χ4n) is 7.51. The second-order valence-corrected chi connectivity index (χ2v) is 15.4. The summed E-state index contributed by atoms with van der Waals surface area (Å²) in [6.07, 6.45) is -0.718. The number of hydrogen-bond donors (Lipinski definition) is 3. The Bertz CT molecular complexity index is 2210. The monoisotopic (exact) mass is 850 g/mol. The number of aromatic hydroxyl groups is 1. The number of aryl methyl sites for hydroxylation is 4. The number of amides is 1. The first-order valence-corrected chi connectivity index (χ1v) is 19.9. The van der Waals surface area contributed by atoms with Crippen LogP contribution < -0.4 is 10.1 Å². The number of alkyl halides is 3. The molecule has 0 bridgehead atoms. The lowest BCUT2D eigenvalue weighted by Gasteiger charge is -2.36. The van der Waals surface area contributed by atoms with Crippen LogP contribution in [0.4, 0.5) is 17.6 Å². The lowest BCUT2D eigenvalue weighted by Crippen LogP contribution is -2.43. The number of morpholine rings is 1. The van der Waals surface area contributed by atoms with Gasteiger partial charge in [0.05, 0.1) is 30.8 Å². The van der Waals surface area contributed by atoms with Crippen molar-refractivity contribution in [3.8, 4) is 28.5 Å². The minimum absolute atomic E-state index is 0.0291. The van der Waals surface area contributed by atoms with Gasteiger partial charge in [-0.15, -0.1) is 0 Å². The number of ether oxygens (including phenoxy) is 2. The van der Waals surface area contributed by atoms with Gasteiger partial charge in [-0.05, 0) is 98.7 Å². The number of carbonyl (C=O) groups excluding carboxylic acids is 1. The maximum Gasteiger partial charge on any atom is 0.490 e. The van der Waals surface area contributed by atoms with E-state index >= 15 is 0 Å². The number of phenolic OH excluding ortho intramolecular Hbond substituents is 1. The van der Waals surface area contributed by atoms with Crippen LogP contribution in [0.3, 0.4) is 0 Å². The minimum atomic E-state index is -5.08. The molecule has 1 saturated carbocycles. The van der Waals surface area contributed by atoms with Crippen LogP contribution in [0.25, 0.3) is 11.1 Å². The van der Waals surface area contributed by atoms with Gasteiger partial charge < -0.3 is 25.0 Å². The fraction of sp³-hybridized carbons (Fsp3) is 0.419. The molecule has 3 N–H and O–H groups in total. The molecule has 5 aromatic rings. The third-order valence-corrected chi connectivity index (χ3v) is 10.9. The maximum absolute atomic E-state index is 14.6. The molecule has 1 amide bonds. The van der Waals surface area contributed by atoms with Gasteiger partial charge in [-0.25, -0.2) is 14.2 Å². The number of rotatable bonds is 12. The second-order valence-electron chi connectivity index (χ2n) is 15.4. The highest BCUT2D eigenvalue weighted by atomic mass is 19.4. The predicted molar refractivity (Wildman–Crippen MR) is 216 cm³/mol. The van der Waals surface area contributed by atoms with Crippen LogP contribution in [0.2, 0.25) is 0 Å². The summed E-state index contributed by atoms with van der Waals surface area (Å²) in [5.74, 6) is -3.11. The Balaban J connectivity index is 0.000000819. The summed E-state index contributed by atoms with van der Waals surface area (Å²) in [4.78, 5) is 31.6. The van der Waals surface area contributed by atoms with Crippen LogP contribution in [0.5, 0.6) is 17.4 Å². The number of carbonyl (C=O) groups is 2. The zero-order valence-electron chi connectivity index (χ0n) is 34.5. The van der Waals surface area contributed by atoms with Crippen LogP contribution in [0.1, 0.15) is 64.4 Å². The highest BCUT2D eigenvalue weighted by Gasteiger charge is 2.38. The van der Waals surface area contributed by atoms with Crippen LogP contribution in [-0.4, -0.2) is 101 Å². The summed E-state index contributed by atoms with van der Waals surface area (Å²) in [7, 11) is 3.92. The van der Waals surface area contributed by atoms with Crippen LogP contribution in [0, 0.1) is 19.7 Å². The highest BCUT2D eigenvalue weighted by molar-refractivity contribution is 5.96. The Kier molecular flexibility index (Phi) is 14.4. The molecule has 2 aliphatic rings. The van der Waals surface area contributed by atoms with E-state index in [-0.39, 0.29) is 29.3 Å². The van der Waals surface area contributed by atoms with Gasteiger partial charge >= 0.3 is 12.1 Å². The van der Waals surface area contributed by atoms with Crippen molar-refractivity contribution in [2.45, 2.75) is 77.4 Å². The molecule has 1 aliphatic carbocycles. The van der Waals surface area contributed by atoms with Crippen molar-refractivity contribution in [3.63, 3.8) is 0 Å². The summed E-state index contributed by atoms with van der Waals surface area (Å²) in [6, 6.07) is 18.5. The first-order valence-electron chi connectivity index (χ1n) is 19.9. The molecule has 0 atom stereocenters. The third kappa shape index (κ3) is 12.1. The van der Waals surface area contributed by atoms with E-state index in [1.54, 1.807) is 18.2 Å². The second kappa shape index (κ2) is 19.7. The van der Waals surface area contributed by atoms with Crippen molar-refractivity contribution >= 4 is 11.9 Å². The average molecular weight is 851 g/mol. The van der Waals surface area contributed by atoms with E-state index in [0.29, 0.717) is 38.6 Å². The number of carboxylic acids is 1. The van der Waals surface area contributed by atoms with Crippen LogP contribution in [0.15, 0.2) is 66.9 Å². The summed E-state index contributed by atoms with van der Waals surface area (Å²) in [5.41, 5.74) is 7.11. The van der Waals surface area contributed by atoms with E-state index in [1.807, 2.05) is 47.7 Å². The molecule has 14 nitrogen and oxygen atoms in total. The van der Waals surface area contributed by atoms with Crippen molar-refractivity contribution in [1.29, 1.82) is 0 Å². The normalized spacial score (nSPS) is 17.1. The number of aliphatic carboxylic acids is 1. The van der Waals surface area contributed by atoms with Crippen molar-refractivity contribution in [2.75, 3.05) is 26.3 Å². The smallest absolute Gasteiger partial charge is 0.490 e. The topological polar surface area (TPSA) is 160 Å². The average Bonchev–Trinajstić information content (AvgIpc) is 3.71. The molecule has 0 unspecified atom stereocenters. The fourth-order valence-corrected chi connectivity index (χ4v) is 7.51. The predicted octanol–water partition coefficient (Wildman–Crippen LogP) is 6.68. The van der Waals surface area contributed by atoms with E-state index in [4.69, 9.17) is 29.6 Å². The molecular weight excluding hydrogens is 801 g/mol. The Morgan fingerprint density at radius 3 is 2.11 bits per heavy atom. The van der Waals surface area contributed by atoms with Gasteiger partial charge in [0.2, 0.25) is 5.88 Å². The Labute approximate surface area is 350 Å². The lowest BCUT2D eigenvalue weighted by molar-refractivity contribution is -0.192. The van der Waals surface area contributed by atoms with Crippen molar-refractivity contribution in [1.82, 2.24) is 39.7 Å². The molecule has 18 heteroatoms. The zero-order valence-corrected chi connectivity index (χ0v) is 34.5. The van der Waals surface area contributed by atoms with Gasteiger partial charge in [-0.3, -0.25) is 24.0 Å². The summed E-state index contributed by atoms with van der Waals surface area (Å²) < 4.78 is 61.8. The van der Waals surface area contributed by atoms with E-state index in [0.717, 1.165) is 84.4 Å². The van der Waals surface area contributed by atoms with Gasteiger partial charge in [0.15, 0.2) is 0 Å². The number of halogens is 4. The molecule has 0 spiro atoms. The molecule has 3 aromatic heterocycles. The number of phenols is 1. The molecule has 61 heavy (non-hydrogen) atoms. The largest absolute Gasteiger partial charge is 0.508 e. The number of aromatic nitrogens is 5. The molecule has 2 aromatic carbocycles. The summed E-state index contributed by atoms with van der Waals surface area (Å²) in [6.45, 7) is 9.17. The molecule has 326 valence electrons. The van der Waals surface area contributed by atoms with Gasteiger partial charge in [-0.2, -0.15) is 23.4 Å². The molecule has 0 radical (unpaired) electrons.